The minimum Gasteiger partial charge on any atom is -0.481 e. The summed E-state index contributed by atoms with van der Waals surface area (Å²) in [6.07, 6.45) is 1.82. The third kappa shape index (κ3) is 9.02. The molecular formula is C24H42N2O8. The van der Waals surface area contributed by atoms with Crippen molar-refractivity contribution in [2.24, 2.45) is 11.8 Å². The molecule has 10 heteroatoms. The molecular weight excluding hydrogens is 444 g/mol. The van der Waals surface area contributed by atoms with E-state index in [0.29, 0.717) is 38.8 Å². The van der Waals surface area contributed by atoms with E-state index in [1.807, 2.05) is 0 Å². The van der Waals surface area contributed by atoms with Crippen LogP contribution in [0.15, 0.2) is 0 Å². The minimum absolute atomic E-state index is 0.309. The summed E-state index contributed by atoms with van der Waals surface area (Å²) >= 11 is 0. The molecule has 2 rings (SSSR count). The average molecular weight is 487 g/mol. The third-order valence-corrected chi connectivity index (χ3v) is 5.87. The van der Waals surface area contributed by atoms with Crippen LogP contribution in [0.5, 0.6) is 0 Å². The molecule has 2 aliphatic rings. The van der Waals surface area contributed by atoms with Gasteiger partial charge in [-0.3, -0.25) is 9.59 Å². The Labute approximate surface area is 202 Å². The molecule has 0 bridgehead atoms. The number of carbonyl (C=O) groups is 4. The zero-order chi connectivity index (χ0) is 26.4. The Kier molecular flexibility index (Phi) is 10.2. The van der Waals surface area contributed by atoms with Gasteiger partial charge in [0.2, 0.25) is 0 Å². The summed E-state index contributed by atoms with van der Waals surface area (Å²) in [6, 6.07) is -0.618. The van der Waals surface area contributed by atoms with Gasteiger partial charge in [0, 0.05) is 25.2 Å². The number of carbonyl (C=O) groups excluding carboxylic acids is 2. The van der Waals surface area contributed by atoms with Gasteiger partial charge in [-0.15, -0.1) is 0 Å². The SMILES string of the molecule is C[C@@H]1[C@H](C(=O)O)CCCN1C(=O)OC(C)(C)C.C[C@H]1[C@@H](C(=O)O)CCCN1C(=O)OC(C)(C)C. The molecule has 2 N–H and O–H groups in total. The molecule has 0 aliphatic carbocycles. The standard InChI is InChI=1S/2C12H21NO4/c2*1-8-9(10(14)15)6-5-7-13(8)11(16)17-12(2,3)4/h2*8-9H,5-7H2,1-4H3,(H,14,15)/t2*8-,9-/m10/s1. The van der Waals surface area contributed by atoms with Gasteiger partial charge in [-0.05, 0) is 81.1 Å². The van der Waals surface area contributed by atoms with E-state index in [-0.39, 0.29) is 12.1 Å². The molecule has 0 aromatic heterocycles. The van der Waals surface area contributed by atoms with E-state index in [9.17, 15) is 19.2 Å². The topological polar surface area (TPSA) is 134 Å². The predicted molar refractivity (Wildman–Crippen MR) is 126 cm³/mol. The highest BCUT2D eigenvalue weighted by atomic mass is 16.6. The number of hydrogen-bond donors (Lipinski definition) is 2. The van der Waals surface area contributed by atoms with Gasteiger partial charge in [0.05, 0.1) is 11.8 Å². The summed E-state index contributed by atoms with van der Waals surface area (Å²) in [4.78, 5) is 48.9. The van der Waals surface area contributed by atoms with Crippen LogP contribution >= 0.6 is 0 Å². The summed E-state index contributed by atoms with van der Waals surface area (Å²) in [6.45, 7) is 15.5. The second-order valence-electron chi connectivity index (χ2n) is 11.0. The van der Waals surface area contributed by atoms with Gasteiger partial charge in [-0.25, -0.2) is 9.59 Å². The van der Waals surface area contributed by atoms with Gasteiger partial charge in [0.1, 0.15) is 11.2 Å². The highest BCUT2D eigenvalue weighted by molar-refractivity contribution is 5.75. The highest BCUT2D eigenvalue weighted by Crippen LogP contribution is 2.26. The molecule has 0 unspecified atom stereocenters. The fourth-order valence-electron chi connectivity index (χ4n) is 4.10. The van der Waals surface area contributed by atoms with E-state index < -0.39 is 47.2 Å². The lowest BCUT2D eigenvalue weighted by molar-refractivity contribution is -0.146. The van der Waals surface area contributed by atoms with Crippen molar-refractivity contribution in [1.29, 1.82) is 0 Å². The molecule has 0 saturated carbocycles. The zero-order valence-corrected chi connectivity index (χ0v) is 21.8. The monoisotopic (exact) mass is 486 g/mol. The predicted octanol–water partition coefficient (Wildman–Crippen LogP) is 4.21. The normalized spacial score (nSPS) is 25.5. The molecule has 2 amide bonds. The van der Waals surface area contributed by atoms with Crippen molar-refractivity contribution in [1.82, 2.24) is 9.80 Å². The molecule has 10 nitrogen and oxygen atoms in total. The molecule has 0 radical (unpaired) electrons. The lowest BCUT2D eigenvalue weighted by Gasteiger charge is -2.38. The molecule has 196 valence electrons. The van der Waals surface area contributed by atoms with E-state index in [4.69, 9.17) is 19.7 Å². The number of ether oxygens (including phenoxy) is 2. The van der Waals surface area contributed by atoms with Crippen molar-refractivity contribution in [2.75, 3.05) is 13.1 Å². The van der Waals surface area contributed by atoms with Gasteiger partial charge in [-0.1, -0.05) is 0 Å². The summed E-state index contributed by atoms with van der Waals surface area (Å²) in [7, 11) is 0. The number of hydrogen-bond acceptors (Lipinski definition) is 6. The minimum atomic E-state index is -0.842. The lowest BCUT2D eigenvalue weighted by atomic mass is 9.91. The van der Waals surface area contributed by atoms with Crippen molar-refractivity contribution in [3.63, 3.8) is 0 Å². The number of carboxylic acid groups (broad SMARTS) is 2. The quantitative estimate of drug-likeness (QED) is 0.593. The molecule has 4 atom stereocenters. The average Bonchev–Trinajstić information content (AvgIpc) is 2.65. The Balaban J connectivity index is 0.000000340. The van der Waals surface area contributed by atoms with Crippen LogP contribution in [-0.2, 0) is 19.1 Å². The van der Waals surface area contributed by atoms with E-state index in [0.717, 1.165) is 0 Å². The maximum absolute atomic E-state index is 11.9. The van der Waals surface area contributed by atoms with Gasteiger partial charge < -0.3 is 29.5 Å². The third-order valence-electron chi connectivity index (χ3n) is 5.87. The summed E-state index contributed by atoms with van der Waals surface area (Å²) in [5.74, 6) is -2.66. The molecule has 2 saturated heterocycles. The highest BCUT2D eigenvalue weighted by Gasteiger charge is 2.38. The van der Waals surface area contributed by atoms with Gasteiger partial charge >= 0.3 is 24.1 Å². The smallest absolute Gasteiger partial charge is 0.410 e. The number of aliphatic carboxylic acids is 2. The molecule has 2 fully saturated rings. The van der Waals surface area contributed by atoms with E-state index in [1.165, 1.54) is 9.80 Å². The molecule has 2 heterocycles. The Morgan fingerprint density at radius 1 is 0.676 bits per heavy atom. The number of nitrogens with zero attached hydrogens (tertiary/aromatic N) is 2. The molecule has 2 aliphatic heterocycles. The van der Waals surface area contributed by atoms with Gasteiger partial charge in [0.15, 0.2) is 0 Å². The largest absolute Gasteiger partial charge is 0.481 e. The van der Waals surface area contributed by atoms with Crippen molar-refractivity contribution >= 4 is 24.1 Å². The zero-order valence-electron chi connectivity index (χ0n) is 21.8. The first-order valence-corrected chi connectivity index (χ1v) is 11.9. The van der Waals surface area contributed by atoms with Crippen LogP contribution in [0.3, 0.4) is 0 Å². The van der Waals surface area contributed by atoms with Gasteiger partial charge in [-0.2, -0.15) is 0 Å². The number of amides is 2. The van der Waals surface area contributed by atoms with Crippen LogP contribution in [0, 0.1) is 11.8 Å². The molecule has 0 aromatic carbocycles. The van der Waals surface area contributed by atoms with E-state index >= 15 is 0 Å². The first kappa shape index (κ1) is 29.5. The van der Waals surface area contributed by atoms with Crippen molar-refractivity contribution in [3.8, 4) is 0 Å². The number of piperidine rings is 2. The van der Waals surface area contributed by atoms with Crippen molar-refractivity contribution in [3.05, 3.63) is 0 Å². The van der Waals surface area contributed by atoms with Crippen molar-refractivity contribution < 1.29 is 38.9 Å². The maximum atomic E-state index is 11.9. The van der Waals surface area contributed by atoms with Gasteiger partial charge in [0.25, 0.3) is 0 Å². The van der Waals surface area contributed by atoms with Crippen LogP contribution in [0.25, 0.3) is 0 Å². The molecule has 0 aromatic rings. The number of carboxylic acids is 2. The maximum Gasteiger partial charge on any atom is 0.410 e. The second-order valence-corrected chi connectivity index (χ2v) is 11.0. The van der Waals surface area contributed by atoms with Crippen molar-refractivity contribution in [2.45, 2.75) is 104 Å². The summed E-state index contributed by atoms with van der Waals surface area (Å²) in [5, 5.41) is 18.1. The van der Waals surface area contributed by atoms with Crippen LogP contribution in [0.4, 0.5) is 9.59 Å². The Morgan fingerprint density at radius 3 is 1.21 bits per heavy atom. The second kappa shape index (κ2) is 11.8. The Hall–Kier alpha value is -2.52. The fourth-order valence-corrected chi connectivity index (χ4v) is 4.10. The van der Waals surface area contributed by atoms with E-state index in [2.05, 4.69) is 0 Å². The first-order valence-electron chi connectivity index (χ1n) is 11.9. The van der Waals surface area contributed by atoms with E-state index in [1.54, 1.807) is 55.4 Å². The first-order chi connectivity index (χ1) is 15.4. The fraction of sp³-hybridized carbons (Fsp3) is 0.833. The number of rotatable bonds is 2. The Morgan fingerprint density at radius 2 is 0.971 bits per heavy atom. The summed E-state index contributed by atoms with van der Waals surface area (Å²) in [5.41, 5.74) is -1.10. The van der Waals surface area contributed by atoms with Crippen LogP contribution in [-0.4, -0.2) is 80.5 Å². The lowest BCUT2D eigenvalue weighted by Crippen LogP contribution is -2.50. The van der Waals surface area contributed by atoms with Crippen LogP contribution < -0.4 is 0 Å². The molecule has 0 spiro atoms. The van der Waals surface area contributed by atoms with Crippen LogP contribution in [0.2, 0.25) is 0 Å². The summed E-state index contributed by atoms with van der Waals surface area (Å²) < 4.78 is 10.5. The molecule has 34 heavy (non-hydrogen) atoms. The van der Waals surface area contributed by atoms with Crippen LogP contribution in [0.1, 0.15) is 81.1 Å². The number of likely N-dealkylation sites (tertiary alicyclic amines) is 2. The Bertz CT molecular complexity index is 678.